The van der Waals surface area contributed by atoms with E-state index in [1.54, 1.807) is 0 Å². The second-order valence-corrected chi connectivity index (χ2v) is 4.91. The molecule has 1 aromatic rings. The van der Waals surface area contributed by atoms with Crippen LogP contribution in [-0.2, 0) is 4.79 Å². The van der Waals surface area contributed by atoms with Crippen LogP contribution in [-0.4, -0.2) is 47.5 Å². The van der Waals surface area contributed by atoms with Crippen LogP contribution >= 0.6 is 0 Å². The van der Waals surface area contributed by atoms with Gasteiger partial charge in [0, 0.05) is 18.0 Å². The smallest absolute Gasteiger partial charge is 0.426 e. The molecule has 102 valence electrons. The fourth-order valence-electron chi connectivity index (χ4n) is 2.37. The zero-order valence-electron chi connectivity index (χ0n) is 10.8. The van der Waals surface area contributed by atoms with E-state index in [4.69, 9.17) is 10.0 Å². The van der Waals surface area contributed by atoms with E-state index in [0.29, 0.717) is 0 Å². The minimum absolute atomic E-state index is 0.00675. The Labute approximate surface area is 113 Å². The molecule has 5 nitrogen and oxygen atoms in total. The van der Waals surface area contributed by atoms with Gasteiger partial charge >= 0.3 is 7.12 Å². The Hall–Kier alpha value is -1.37. The number of benzene rings is 1. The van der Waals surface area contributed by atoms with E-state index >= 15 is 0 Å². The second kappa shape index (κ2) is 6.70. The van der Waals surface area contributed by atoms with Gasteiger partial charge in [-0.3, -0.25) is 4.79 Å². The number of piperidine rings is 1. The summed E-state index contributed by atoms with van der Waals surface area (Å²) in [7, 11) is -1.30. The standard InChI is InChI=1S/C13H19BN2O3/c17-13(15-12-4-2-1-3-5-12)11-6-8-16(9-7-11)10-14(18)19/h1-5,11,18-19H,6-10H2,(H,15,17). The van der Waals surface area contributed by atoms with Crippen LogP contribution in [0, 0.1) is 5.92 Å². The van der Waals surface area contributed by atoms with Gasteiger partial charge in [-0.1, -0.05) is 18.2 Å². The highest BCUT2D eigenvalue weighted by Gasteiger charge is 2.26. The third-order valence-electron chi connectivity index (χ3n) is 3.42. The molecule has 0 atom stereocenters. The normalized spacial score (nSPS) is 17.2. The van der Waals surface area contributed by atoms with Crippen LogP contribution in [0.15, 0.2) is 30.3 Å². The Bertz CT molecular complexity index is 406. The van der Waals surface area contributed by atoms with Gasteiger partial charge in [-0.05, 0) is 38.1 Å². The van der Waals surface area contributed by atoms with E-state index in [2.05, 4.69) is 5.32 Å². The third-order valence-corrected chi connectivity index (χ3v) is 3.42. The molecule has 0 radical (unpaired) electrons. The summed E-state index contributed by atoms with van der Waals surface area (Å²) in [6.07, 6.45) is 1.77. The third kappa shape index (κ3) is 4.35. The minimum Gasteiger partial charge on any atom is -0.426 e. The molecule has 1 heterocycles. The van der Waals surface area contributed by atoms with Crippen molar-refractivity contribution in [3.63, 3.8) is 0 Å². The molecule has 0 saturated carbocycles. The zero-order chi connectivity index (χ0) is 13.7. The maximum absolute atomic E-state index is 12.1. The topological polar surface area (TPSA) is 72.8 Å². The van der Waals surface area contributed by atoms with Crippen LogP contribution in [0.3, 0.4) is 0 Å². The maximum Gasteiger partial charge on any atom is 0.466 e. The molecule has 1 aromatic carbocycles. The fraction of sp³-hybridized carbons (Fsp3) is 0.462. The predicted octanol–water partition coefficient (Wildman–Crippen LogP) is 0.349. The zero-order valence-corrected chi connectivity index (χ0v) is 10.8. The second-order valence-electron chi connectivity index (χ2n) is 4.91. The molecule has 1 amide bonds. The number of hydrogen-bond acceptors (Lipinski definition) is 4. The number of carbonyl (C=O) groups is 1. The molecule has 0 unspecified atom stereocenters. The highest BCUT2D eigenvalue weighted by atomic mass is 16.4. The first-order valence-electron chi connectivity index (χ1n) is 6.59. The Morgan fingerprint density at radius 3 is 2.47 bits per heavy atom. The molecule has 1 saturated heterocycles. The number of anilines is 1. The first-order valence-corrected chi connectivity index (χ1v) is 6.59. The quantitative estimate of drug-likeness (QED) is 0.684. The Morgan fingerprint density at radius 2 is 1.89 bits per heavy atom. The van der Waals surface area contributed by atoms with Crippen LogP contribution in [0.25, 0.3) is 0 Å². The summed E-state index contributed by atoms with van der Waals surface area (Å²) in [6.45, 7) is 1.45. The van der Waals surface area contributed by atoms with Crippen molar-refractivity contribution in [2.75, 3.05) is 24.9 Å². The van der Waals surface area contributed by atoms with Gasteiger partial charge in [-0.2, -0.15) is 0 Å². The first kappa shape index (κ1) is 14.1. The van der Waals surface area contributed by atoms with Gasteiger partial charge < -0.3 is 20.3 Å². The molecular weight excluding hydrogens is 243 g/mol. The molecular formula is C13H19BN2O3. The van der Waals surface area contributed by atoms with Gasteiger partial charge in [0.05, 0.1) is 0 Å². The predicted molar refractivity (Wildman–Crippen MR) is 74.4 cm³/mol. The lowest BCUT2D eigenvalue weighted by atomic mass is 9.88. The molecule has 19 heavy (non-hydrogen) atoms. The molecule has 1 fully saturated rings. The molecule has 0 bridgehead atoms. The largest absolute Gasteiger partial charge is 0.466 e. The molecule has 2 rings (SSSR count). The highest BCUT2D eigenvalue weighted by molar-refractivity contribution is 6.41. The molecule has 1 aliphatic heterocycles. The van der Waals surface area contributed by atoms with Crippen molar-refractivity contribution in [1.29, 1.82) is 0 Å². The first-order chi connectivity index (χ1) is 9.15. The van der Waals surface area contributed by atoms with Gasteiger partial charge in [-0.15, -0.1) is 0 Å². The SMILES string of the molecule is O=C(Nc1ccccc1)C1CCN(CB(O)O)CC1. The molecule has 1 aliphatic rings. The van der Waals surface area contributed by atoms with Crippen LogP contribution in [0.5, 0.6) is 0 Å². The summed E-state index contributed by atoms with van der Waals surface area (Å²) in [6, 6.07) is 9.43. The van der Waals surface area contributed by atoms with Gasteiger partial charge in [0.2, 0.25) is 5.91 Å². The van der Waals surface area contributed by atoms with Crippen LogP contribution in [0.4, 0.5) is 5.69 Å². The van der Waals surface area contributed by atoms with Gasteiger partial charge in [-0.25, -0.2) is 0 Å². The van der Waals surface area contributed by atoms with Gasteiger partial charge in [0.1, 0.15) is 0 Å². The monoisotopic (exact) mass is 262 g/mol. The molecule has 3 N–H and O–H groups in total. The number of carbonyl (C=O) groups excluding carboxylic acids is 1. The lowest BCUT2D eigenvalue weighted by molar-refractivity contribution is -0.121. The van der Waals surface area contributed by atoms with Gasteiger partial charge in [0.15, 0.2) is 0 Å². The molecule has 0 aromatic heterocycles. The molecule has 6 heteroatoms. The van der Waals surface area contributed by atoms with E-state index in [0.717, 1.165) is 31.6 Å². The van der Waals surface area contributed by atoms with E-state index in [1.165, 1.54) is 0 Å². The van der Waals surface area contributed by atoms with Crippen molar-refractivity contribution >= 4 is 18.7 Å². The van der Waals surface area contributed by atoms with Crippen molar-refractivity contribution in [1.82, 2.24) is 4.90 Å². The number of nitrogens with one attached hydrogen (secondary N) is 1. The number of hydrogen-bond donors (Lipinski definition) is 3. The van der Waals surface area contributed by atoms with E-state index in [1.807, 2.05) is 35.2 Å². The lowest BCUT2D eigenvalue weighted by Crippen LogP contribution is -2.43. The average Bonchev–Trinajstić information content (AvgIpc) is 2.40. The van der Waals surface area contributed by atoms with Crippen molar-refractivity contribution in [3.8, 4) is 0 Å². The van der Waals surface area contributed by atoms with Crippen LogP contribution in [0.2, 0.25) is 0 Å². The lowest BCUT2D eigenvalue weighted by Gasteiger charge is -2.30. The van der Waals surface area contributed by atoms with Crippen LogP contribution < -0.4 is 5.32 Å². The number of nitrogens with zero attached hydrogens (tertiary/aromatic N) is 1. The average molecular weight is 262 g/mol. The van der Waals surface area contributed by atoms with Crippen molar-refractivity contribution in [2.24, 2.45) is 5.92 Å². The number of para-hydroxylation sites is 1. The van der Waals surface area contributed by atoms with E-state index < -0.39 is 7.12 Å². The fourth-order valence-corrected chi connectivity index (χ4v) is 2.37. The summed E-state index contributed by atoms with van der Waals surface area (Å²) in [4.78, 5) is 14.0. The van der Waals surface area contributed by atoms with Crippen LogP contribution in [0.1, 0.15) is 12.8 Å². The summed E-state index contributed by atoms with van der Waals surface area (Å²) in [5.74, 6) is 0.0580. The van der Waals surface area contributed by atoms with E-state index in [-0.39, 0.29) is 18.3 Å². The Kier molecular flexibility index (Phi) is 4.96. The summed E-state index contributed by atoms with van der Waals surface area (Å²) < 4.78 is 0. The van der Waals surface area contributed by atoms with Gasteiger partial charge in [0.25, 0.3) is 0 Å². The summed E-state index contributed by atoms with van der Waals surface area (Å²) >= 11 is 0. The summed E-state index contributed by atoms with van der Waals surface area (Å²) in [5, 5.41) is 20.7. The van der Waals surface area contributed by atoms with E-state index in [9.17, 15) is 4.79 Å². The molecule has 0 aliphatic carbocycles. The highest BCUT2D eigenvalue weighted by Crippen LogP contribution is 2.19. The molecule has 0 spiro atoms. The summed E-state index contributed by atoms with van der Waals surface area (Å²) in [5.41, 5.74) is 0.820. The van der Waals surface area contributed by atoms with Crippen molar-refractivity contribution in [2.45, 2.75) is 12.8 Å². The Morgan fingerprint density at radius 1 is 1.26 bits per heavy atom. The van der Waals surface area contributed by atoms with Crippen molar-refractivity contribution in [3.05, 3.63) is 30.3 Å². The number of amides is 1. The Balaban J connectivity index is 1.79. The minimum atomic E-state index is -1.30. The number of rotatable bonds is 4. The number of likely N-dealkylation sites (tertiary alicyclic amines) is 1. The maximum atomic E-state index is 12.1. The van der Waals surface area contributed by atoms with Crippen molar-refractivity contribution < 1.29 is 14.8 Å².